The van der Waals surface area contributed by atoms with Crippen LogP contribution in [0.3, 0.4) is 0 Å². The van der Waals surface area contributed by atoms with Crippen LogP contribution in [-0.4, -0.2) is 5.78 Å². The maximum atomic E-state index is 12.3. The zero-order valence-electron chi connectivity index (χ0n) is 14.0. The number of rotatable bonds is 11. The number of allylic oxidation sites excluding steroid dienone is 2. The largest absolute Gasteiger partial charge is 0.298 e. The van der Waals surface area contributed by atoms with E-state index >= 15 is 0 Å². The summed E-state index contributed by atoms with van der Waals surface area (Å²) in [6.07, 6.45) is 22.7. The Morgan fingerprint density at radius 1 is 1.00 bits per heavy atom. The molecule has 0 amide bonds. The summed E-state index contributed by atoms with van der Waals surface area (Å²) in [5.74, 6) is 0.850. The van der Waals surface area contributed by atoms with Gasteiger partial charge in [-0.2, -0.15) is 0 Å². The Hall–Kier alpha value is -0.590. The minimum absolute atomic E-state index is 0.0690. The third kappa shape index (κ3) is 4.69. The maximum absolute atomic E-state index is 12.3. The first-order valence-electron chi connectivity index (χ1n) is 9.49. The maximum Gasteiger partial charge on any atom is 0.146 e. The van der Waals surface area contributed by atoms with Gasteiger partial charge >= 0.3 is 0 Å². The Morgan fingerprint density at radius 3 is 2.29 bits per heavy atom. The highest BCUT2D eigenvalue weighted by molar-refractivity contribution is 5.91. The smallest absolute Gasteiger partial charge is 0.146 e. The van der Waals surface area contributed by atoms with E-state index in [9.17, 15) is 4.79 Å². The summed E-state index contributed by atoms with van der Waals surface area (Å²) in [6, 6.07) is 0. The molecular formula is C20H34O. The van der Waals surface area contributed by atoms with Gasteiger partial charge in [-0.1, -0.05) is 83.3 Å². The molecule has 1 nitrogen and oxygen atoms in total. The predicted molar refractivity (Wildman–Crippen MR) is 90.4 cm³/mol. The molecule has 0 unspecified atom stereocenters. The summed E-state index contributed by atoms with van der Waals surface area (Å²) in [5, 5.41) is 0. The van der Waals surface area contributed by atoms with Gasteiger partial charge in [0.1, 0.15) is 5.78 Å². The van der Waals surface area contributed by atoms with E-state index in [1.54, 1.807) is 0 Å². The van der Waals surface area contributed by atoms with Crippen LogP contribution in [0.1, 0.15) is 96.8 Å². The van der Waals surface area contributed by atoms with Crippen LogP contribution in [0.2, 0.25) is 0 Å². The Balaban J connectivity index is 1.49. The van der Waals surface area contributed by atoms with E-state index in [0.717, 1.165) is 25.7 Å². The summed E-state index contributed by atoms with van der Waals surface area (Å²) in [5.41, 5.74) is 0.0690. The number of ketones is 1. The second-order valence-electron chi connectivity index (χ2n) is 7.35. The van der Waals surface area contributed by atoms with E-state index in [4.69, 9.17) is 0 Å². The van der Waals surface area contributed by atoms with Gasteiger partial charge in [-0.05, 0) is 25.7 Å². The van der Waals surface area contributed by atoms with Gasteiger partial charge in [-0.15, -0.1) is 0 Å². The van der Waals surface area contributed by atoms with E-state index in [1.807, 2.05) is 0 Å². The number of carbonyl (C=O) groups is 1. The molecule has 1 saturated carbocycles. The van der Waals surface area contributed by atoms with Crippen molar-refractivity contribution in [2.24, 2.45) is 11.3 Å². The molecule has 0 radical (unpaired) electrons. The third-order valence-corrected chi connectivity index (χ3v) is 5.68. The summed E-state index contributed by atoms with van der Waals surface area (Å²) >= 11 is 0. The van der Waals surface area contributed by atoms with Gasteiger partial charge in [-0.25, -0.2) is 0 Å². The standard InChI is InChI=1S/C20H34O/c1-2-3-4-5-6-7-8-9-10-11-15-20-16-12-13-18(14-17-20)19(20)21/h12-13,18H,2-11,14-17H2,1H3/t18-,20+/m1/s1. The average Bonchev–Trinajstić information content (AvgIpc) is 2.68. The summed E-state index contributed by atoms with van der Waals surface area (Å²) in [7, 11) is 0. The van der Waals surface area contributed by atoms with E-state index in [2.05, 4.69) is 19.1 Å². The zero-order chi connectivity index (χ0) is 15.0. The first-order valence-corrected chi connectivity index (χ1v) is 9.49. The van der Waals surface area contributed by atoms with Gasteiger partial charge in [0.05, 0.1) is 0 Å². The molecule has 2 aliphatic carbocycles. The number of hydrogen-bond acceptors (Lipinski definition) is 1. The molecule has 0 heterocycles. The van der Waals surface area contributed by atoms with Gasteiger partial charge < -0.3 is 0 Å². The van der Waals surface area contributed by atoms with Gasteiger partial charge in [0.25, 0.3) is 0 Å². The third-order valence-electron chi connectivity index (χ3n) is 5.68. The fraction of sp³-hybridized carbons (Fsp3) is 0.850. The van der Waals surface area contributed by atoms with E-state index in [0.29, 0.717) is 5.78 Å². The average molecular weight is 290 g/mol. The topological polar surface area (TPSA) is 17.1 Å². The molecular weight excluding hydrogens is 256 g/mol. The molecule has 2 rings (SSSR count). The first kappa shape index (κ1) is 16.8. The molecule has 0 saturated heterocycles. The molecule has 0 N–H and O–H groups in total. The highest BCUT2D eigenvalue weighted by atomic mass is 16.1. The van der Waals surface area contributed by atoms with Crippen molar-refractivity contribution in [3.63, 3.8) is 0 Å². The normalized spacial score (nSPS) is 27.5. The Bertz CT molecular complexity index is 344. The Morgan fingerprint density at radius 2 is 1.62 bits per heavy atom. The van der Waals surface area contributed by atoms with Gasteiger partial charge in [0, 0.05) is 11.3 Å². The molecule has 1 heteroatoms. The molecule has 0 aromatic carbocycles. The summed E-state index contributed by atoms with van der Waals surface area (Å²) in [6.45, 7) is 2.28. The van der Waals surface area contributed by atoms with E-state index in [1.165, 1.54) is 64.2 Å². The summed E-state index contributed by atoms with van der Waals surface area (Å²) in [4.78, 5) is 12.3. The van der Waals surface area contributed by atoms with Gasteiger partial charge in [0.15, 0.2) is 0 Å². The van der Waals surface area contributed by atoms with Crippen LogP contribution in [0, 0.1) is 11.3 Å². The lowest BCUT2D eigenvalue weighted by atomic mass is 9.74. The predicted octanol–water partition coefficient (Wildman–Crippen LogP) is 6.22. The van der Waals surface area contributed by atoms with Crippen molar-refractivity contribution < 1.29 is 4.79 Å². The molecule has 120 valence electrons. The van der Waals surface area contributed by atoms with Crippen molar-refractivity contribution in [1.29, 1.82) is 0 Å². The van der Waals surface area contributed by atoms with Crippen LogP contribution in [-0.2, 0) is 4.79 Å². The van der Waals surface area contributed by atoms with Gasteiger partial charge in [0.2, 0.25) is 0 Å². The molecule has 21 heavy (non-hydrogen) atoms. The second kappa shape index (κ2) is 8.76. The second-order valence-corrected chi connectivity index (χ2v) is 7.35. The molecule has 0 aliphatic heterocycles. The van der Waals surface area contributed by atoms with Crippen LogP contribution in [0.5, 0.6) is 0 Å². The van der Waals surface area contributed by atoms with Crippen molar-refractivity contribution >= 4 is 5.78 Å². The molecule has 0 aromatic heterocycles. The van der Waals surface area contributed by atoms with Crippen LogP contribution in [0.4, 0.5) is 0 Å². The Kier molecular flexibility index (Phi) is 6.99. The molecule has 0 aromatic rings. The first-order chi connectivity index (χ1) is 10.3. The van der Waals surface area contributed by atoms with Crippen molar-refractivity contribution in [3.05, 3.63) is 12.2 Å². The molecule has 2 atom stereocenters. The lowest BCUT2D eigenvalue weighted by molar-refractivity contribution is -0.128. The molecule has 2 bridgehead atoms. The monoisotopic (exact) mass is 290 g/mol. The minimum Gasteiger partial charge on any atom is -0.298 e. The van der Waals surface area contributed by atoms with E-state index in [-0.39, 0.29) is 11.3 Å². The lowest BCUT2D eigenvalue weighted by Gasteiger charge is -2.28. The highest BCUT2D eigenvalue weighted by Gasteiger charge is 2.47. The summed E-state index contributed by atoms with van der Waals surface area (Å²) < 4.78 is 0. The number of unbranched alkanes of at least 4 members (excludes halogenated alkanes) is 9. The van der Waals surface area contributed by atoms with Crippen molar-refractivity contribution in [2.45, 2.75) is 96.8 Å². The molecule has 2 aliphatic rings. The van der Waals surface area contributed by atoms with Gasteiger partial charge in [-0.3, -0.25) is 4.79 Å². The van der Waals surface area contributed by atoms with Crippen molar-refractivity contribution in [3.8, 4) is 0 Å². The van der Waals surface area contributed by atoms with Crippen LogP contribution in [0.15, 0.2) is 12.2 Å². The molecule has 1 fully saturated rings. The number of hydrogen-bond donors (Lipinski definition) is 0. The zero-order valence-corrected chi connectivity index (χ0v) is 14.0. The van der Waals surface area contributed by atoms with Crippen molar-refractivity contribution in [1.82, 2.24) is 0 Å². The lowest BCUT2D eigenvalue weighted by Crippen LogP contribution is -2.30. The number of carbonyl (C=O) groups excluding carboxylic acids is 1. The van der Waals surface area contributed by atoms with Crippen LogP contribution in [0.25, 0.3) is 0 Å². The molecule has 0 spiro atoms. The minimum atomic E-state index is 0.0690. The Labute approximate surface area is 131 Å². The number of Topliss-reactive ketones (excluding diaryl/α,β-unsaturated/α-hetero) is 1. The quantitative estimate of drug-likeness (QED) is 0.326. The van der Waals surface area contributed by atoms with Crippen LogP contribution < -0.4 is 0 Å². The van der Waals surface area contributed by atoms with Crippen LogP contribution >= 0.6 is 0 Å². The SMILES string of the molecule is CCCCCCCCCCCC[C@]12CC=C[C@H](CC1)C2=O. The highest BCUT2D eigenvalue weighted by Crippen LogP contribution is 2.48. The fourth-order valence-electron chi connectivity index (χ4n) is 4.22. The number of fused-ring (bicyclic) bond motifs is 2. The van der Waals surface area contributed by atoms with Crippen molar-refractivity contribution in [2.75, 3.05) is 0 Å². The van der Waals surface area contributed by atoms with E-state index < -0.39 is 0 Å². The fourth-order valence-corrected chi connectivity index (χ4v) is 4.22.